The molecular weight excluding hydrogens is 266 g/mol. The van der Waals surface area contributed by atoms with Gasteiger partial charge in [0.05, 0.1) is 25.4 Å². The minimum absolute atomic E-state index is 0.0768. The molecule has 1 aliphatic rings. The van der Waals surface area contributed by atoms with Gasteiger partial charge in [-0.2, -0.15) is 0 Å². The number of ether oxygens (including phenoxy) is 2. The average molecular weight is 283 g/mol. The first-order valence-electron chi connectivity index (χ1n) is 6.44. The van der Waals surface area contributed by atoms with Crippen molar-refractivity contribution in [2.45, 2.75) is 13.5 Å². The zero-order valence-electron chi connectivity index (χ0n) is 11.2. The van der Waals surface area contributed by atoms with Gasteiger partial charge >= 0.3 is 11.7 Å². The molecule has 110 valence electrons. The summed E-state index contributed by atoms with van der Waals surface area (Å²) in [4.78, 5) is 41.5. The van der Waals surface area contributed by atoms with Crippen LogP contribution in [0.3, 0.4) is 0 Å². The Bertz CT molecular complexity index is 585. The van der Waals surface area contributed by atoms with Crippen LogP contribution < -0.4 is 11.2 Å². The predicted octanol–water partition coefficient (Wildman–Crippen LogP) is -0.928. The van der Waals surface area contributed by atoms with Crippen LogP contribution in [0, 0.1) is 0 Å². The van der Waals surface area contributed by atoms with Gasteiger partial charge in [-0.15, -0.1) is 0 Å². The van der Waals surface area contributed by atoms with E-state index in [1.165, 1.54) is 0 Å². The van der Waals surface area contributed by atoms with Gasteiger partial charge in [-0.3, -0.25) is 14.7 Å². The Kier molecular flexibility index (Phi) is 4.70. The fourth-order valence-corrected chi connectivity index (χ4v) is 2.02. The van der Waals surface area contributed by atoms with Crippen LogP contribution in [0.25, 0.3) is 0 Å². The molecule has 0 spiro atoms. The molecule has 1 aliphatic heterocycles. The zero-order valence-corrected chi connectivity index (χ0v) is 11.2. The maximum Gasteiger partial charge on any atom is 0.355 e. The number of H-pyrrole nitrogens is 2. The lowest BCUT2D eigenvalue weighted by Gasteiger charge is -2.26. The molecule has 2 rings (SSSR count). The zero-order chi connectivity index (χ0) is 14.5. The van der Waals surface area contributed by atoms with Crippen molar-refractivity contribution in [1.82, 2.24) is 14.9 Å². The topological polar surface area (TPSA) is 104 Å². The smallest absolute Gasteiger partial charge is 0.355 e. The molecule has 0 radical (unpaired) electrons. The van der Waals surface area contributed by atoms with Crippen LogP contribution >= 0.6 is 0 Å². The van der Waals surface area contributed by atoms with Crippen LogP contribution in [0.2, 0.25) is 0 Å². The number of morpholine rings is 1. The summed E-state index contributed by atoms with van der Waals surface area (Å²) in [6, 6.07) is 0. The molecule has 20 heavy (non-hydrogen) atoms. The summed E-state index contributed by atoms with van der Waals surface area (Å²) in [6.45, 7) is 4.59. The van der Waals surface area contributed by atoms with Gasteiger partial charge in [-0.05, 0) is 6.92 Å². The highest BCUT2D eigenvalue weighted by Crippen LogP contribution is 2.07. The molecule has 0 aromatic carbocycles. The summed E-state index contributed by atoms with van der Waals surface area (Å²) in [5.41, 5.74) is -1.15. The summed E-state index contributed by atoms with van der Waals surface area (Å²) in [5.74, 6) is -0.695. The van der Waals surface area contributed by atoms with E-state index in [0.29, 0.717) is 26.3 Å². The highest BCUT2D eigenvalue weighted by atomic mass is 16.5. The highest BCUT2D eigenvalue weighted by Gasteiger charge is 2.21. The predicted molar refractivity (Wildman–Crippen MR) is 69.7 cm³/mol. The summed E-state index contributed by atoms with van der Waals surface area (Å²) < 4.78 is 10.1. The highest BCUT2D eigenvalue weighted by molar-refractivity contribution is 5.88. The number of nitrogens with one attached hydrogen (secondary N) is 2. The van der Waals surface area contributed by atoms with Gasteiger partial charge in [-0.1, -0.05) is 0 Å². The molecule has 8 nitrogen and oxygen atoms in total. The first-order valence-corrected chi connectivity index (χ1v) is 6.44. The third kappa shape index (κ3) is 3.34. The van der Waals surface area contributed by atoms with Gasteiger partial charge in [0.25, 0.3) is 5.56 Å². The fraction of sp³-hybridized carbons (Fsp3) is 0.583. The molecule has 0 atom stereocenters. The van der Waals surface area contributed by atoms with Gasteiger partial charge in [-0.25, -0.2) is 9.59 Å². The van der Waals surface area contributed by atoms with Gasteiger partial charge in [0.2, 0.25) is 0 Å². The Labute approximate surface area is 114 Å². The number of hydrogen-bond donors (Lipinski definition) is 2. The standard InChI is InChI=1S/C12H17N3O5/c1-2-20-11(17)9-8(10(16)14-12(18)13-9)7-15-3-5-19-6-4-15/h2-7H2,1H3,(H2,13,14,16,18). The first-order chi connectivity index (χ1) is 9.61. The van der Waals surface area contributed by atoms with Crippen molar-refractivity contribution in [3.8, 4) is 0 Å². The van der Waals surface area contributed by atoms with E-state index in [2.05, 4.69) is 9.97 Å². The monoisotopic (exact) mass is 283 g/mol. The van der Waals surface area contributed by atoms with E-state index in [1.54, 1.807) is 6.92 Å². The fourth-order valence-electron chi connectivity index (χ4n) is 2.02. The Morgan fingerprint density at radius 1 is 1.30 bits per heavy atom. The first kappa shape index (κ1) is 14.5. The number of nitrogens with zero attached hydrogens (tertiary/aromatic N) is 1. The number of rotatable bonds is 4. The Morgan fingerprint density at radius 3 is 2.65 bits per heavy atom. The van der Waals surface area contributed by atoms with E-state index in [0.717, 1.165) is 0 Å². The number of aromatic amines is 2. The van der Waals surface area contributed by atoms with Crippen molar-refractivity contribution in [2.75, 3.05) is 32.9 Å². The van der Waals surface area contributed by atoms with E-state index in [-0.39, 0.29) is 24.4 Å². The average Bonchev–Trinajstić information content (AvgIpc) is 2.43. The molecule has 1 saturated heterocycles. The lowest BCUT2D eigenvalue weighted by molar-refractivity contribution is 0.0333. The molecule has 8 heteroatoms. The number of esters is 1. The van der Waals surface area contributed by atoms with Gasteiger partial charge in [0.1, 0.15) is 5.69 Å². The molecule has 1 aromatic rings. The Morgan fingerprint density at radius 2 is 2.00 bits per heavy atom. The van der Waals surface area contributed by atoms with Crippen molar-refractivity contribution in [3.05, 3.63) is 32.1 Å². The molecule has 2 N–H and O–H groups in total. The van der Waals surface area contributed by atoms with Crippen LogP contribution in [0.4, 0.5) is 0 Å². The molecule has 1 fully saturated rings. The minimum atomic E-state index is -0.719. The maximum absolute atomic E-state index is 11.9. The van der Waals surface area contributed by atoms with Crippen molar-refractivity contribution in [1.29, 1.82) is 0 Å². The van der Waals surface area contributed by atoms with E-state index >= 15 is 0 Å². The summed E-state index contributed by atoms with van der Waals surface area (Å²) in [7, 11) is 0. The van der Waals surface area contributed by atoms with Crippen LogP contribution in [0.5, 0.6) is 0 Å². The lowest BCUT2D eigenvalue weighted by atomic mass is 10.2. The van der Waals surface area contributed by atoms with Crippen molar-refractivity contribution in [2.24, 2.45) is 0 Å². The Balaban J connectivity index is 2.31. The summed E-state index contributed by atoms with van der Waals surface area (Å²) in [6.07, 6.45) is 0. The normalized spacial score (nSPS) is 16.1. The molecule has 0 saturated carbocycles. The molecule has 0 bridgehead atoms. The van der Waals surface area contributed by atoms with Crippen LogP contribution in [0.15, 0.2) is 9.59 Å². The van der Waals surface area contributed by atoms with E-state index < -0.39 is 17.2 Å². The van der Waals surface area contributed by atoms with E-state index in [1.807, 2.05) is 4.90 Å². The van der Waals surface area contributed by atoms with Gasteiger partial charge in [0, 0.05) is 19.6 Å². The molecular formula is C12H17N3O5. The number of aromatic nitrogens is 2. The largest absolute Gasteiger partial charge is 0.461 e. The number of carbonyl (C=O) groups is 1. The van der Waals surface area contributed by atoms with E-state index in [9.17, 15) is 14.4 Å². The van der Waals surface area contributed by atoms with Gasteiger partial charge < -0.3 is 14.5 Å². The summed E-state index contributed by atoms with van der Waals surface area (Å²) in [5, 5.41) is 0. The van der Waals surface area contributed by atoms with Crippen molar-refractivity contribution in [3.63, 3.8) is 0 Å². The van der Waals surface area contributed by atoms with Gasteiger partial charge in [0.15, 0.2) is 0 Å². The molecule has 2 heterocycles. The number of hydrogen-bond acceptors (Lipinski definition) is 6. The second-order valence-electron chi connectivity index (χ2n) is 4.37. The van der Waals surface area contributed by atoms with E-state index in [4.69, 9.17) is 9.47 Å². The Hall–Kier alpha value is -1.93. The maximum atomic E-state index is 11.9. The third-order valence-corrected chi connectivity index (χ3v) is 3.01. The lowest BCUT2D eigenvalue weighted by Crippen LogP contribution is -2.39. The van der Waals surface area contributed by atoms with Crippen molar-refractivity contribution >= 4 is 5.97 Å². The quantitative estimate of drug-likeness (QED) is 0.692. The number of carbonyl (C=O) groups excluding carboxylic acids is 1. The molecule has 1 aromatic heterocycles. The molecule has 0 aliphatic carbocycles. The second kappa shape index (κ2) is 6.49. The minimum Gasteiger partial charge on any atom is -0.461 e. The third-order valence-electron chi connectivity index (χ3n) is 3.01. The molecule has 0 unspecified atom stereocenters. The van der Waals surface area contributed by atoms with Crippen LogP contribution in [-0.4, -0.2) is 53.7 Å². The van der Waals surface area contributed by atoms with Crippen molar-refractivity contribution < 1.29 is 14.3 Å². The van der Waals surface area contributed by atoms with Crippen LogP contribution in [0.1, 0.15) is 23.0 Å². The molecule has 0 amide bonds. The van der Waals surface area contributed by atoms with Crippen LogP contribution in [-0.2, 0) is 16.0 Å². The second-order valence-corrected chi connectivity index (χ2v) is 4.37. The summed E-state index contributed by atoms with van der Waals surface area (Å²) >= 11 is 0. The SMILES string of the molecule is CCOC(=O)c1[nH]c(=O)[nH]c(=O)c1CN1CCOCC1.